The van der Waals surface area contributed by atoms with E-state index in [-0.39, 0.29) is 23.9 Å². The first-order chi connectivity index (χ1) is 11.9. The lowest BCUT2D eigenvalue weighted by Crippen LogP contribution is -2.45. The van der Waals surface area contributed by atoms with Crippen LogP contribution in [0.15, 0.2) is 30.5 Å². The van der Waals surface area contributed by atoms with Crippen molar-refractivity contribution < 1.29 is 4.79 Å². The molecule has 7 heteroatoms. The van der Waals surface area contributed by atoms with Gasteiger partial charge in [0.1, 0.15) is 0 Å². The molecule has 0 aliphatic carbocycles. The van der Waals surface area contributed by atoms with Crippen molar-refractivity contribution in [1.29, 1.82) is 0 Å². The number of nitrogens with zero attached hydrogens (tertiary/aromatic N) is 3. The number of aromatic nitrogens is 3. The normalized spacial score (nSPS) is 15.3. The molecule has 1 aliphatic rings. The molecular weight excluding hydrogens is 350 g/mol. The van der Waals surface area contributed by atoms with Gasteiger partial charge in [-0.2, -0.15) is 0 Å². The molecule has 0 atom stereocenters. The molecule has 0 unspecified atom stereocenters. The highest BCUT2D eigenvalue weighted by Gasteiger charge is 2.25. The molecule has 1 aromatic carbocycles. The van der Waals surface area contributed by atoms with E-state index in [1.807, 2.05) is 30.7 Å². The molecule has 0 radical (unpaired) electrons. The lowest BCUT2D eigenvalue weighted by Gasteiger charge is -2.26. The largest absolute Gasteiger partial charge is 0.345 e. The third-order valence-electron chi connectivity index (χ3n) is 4.77. The fourth-order valence-electron chi connectivity index (χ4n) is 3.33. The zero-order chi connectivity index (χ0) is 17.9. The van der Waals surface area contributed by atoms with E-state index in [4.69, 9.17) is 0 Å². The summed E-state index contributed by atoms with van der Waals surface area (Å²) in [6, 6.07) is 8.60. The molecule has 0 spiro atoms. The van der Waals surface area contributed by atoms with Crippen molar-refractivity contribution in [3.8, 4) is 0 Å². The van der Waals surface area contributed by atoms with E-state index >= 15 is 0 Å². The Bertz CT molecular complexity index is 737. The summed E-state index contributed by atoms with van der Waals surface area (Å²) in [7, 11) is 0. The average Bonchev–Trinajstić information content (AvgIpc) is 3.07. The number of nitrogens with one attached hydrogen (secondary N) is 2. The SMILES string of the molecule is Cc1ccccc1CC(C)(C)NC(=O)c1cn(C2CCNCC2)nn1.Cl. The molecule has 26 heavy (non-hydrogen) atoms. The molecule has 1 aliphatic heterocycles. The van der Waals surface area contributed by atoms with Gasteiger partial charge in [0.05, 0.1) is 12.2 Å². The van der Waals surface area contributed by atoms with E-state index in [2.05, 4.69) is 40.0 Å². The number of hydrogen-bond acceptors (Lipinski definition) is 4. The van der Waals surface area contributed by atoms with Gasteiger partial charge in [0.15, 0.2) is 5.69 Å². The summed E-state index contributed by atoms with van der Waals surface area (Å²) in [4.78, 5) is 12.6. The molecule has 0 bridgehead atoms. The lowest BCUT2D eigenvalue weighted by molar-refractivity contribution is 0.0907. The summed E-state index contributed by atoms with van der Waals surface area (Å²) >= 11 is 0. The maximum Gasteiger partial charge on any atom is 0.273 e. The zero-order valence-electron chi connectivity index (χ0n) is 15.7. The number of benzene rings is 1. The van der Waals surface area contributed by atoms with Crippen molar-refractivity contribution >= 4 is 18.3 Å². The minimum Gasteiger partial charge on any atom is -0.345 e. The van der Waals surface area contributed by atoms with Gasteiger partial charge in [-0.1, -0.05) is 29.5 Å². The molecule has 2 N–H and O–H groups in total. The van der Waals surface area contributed by atoms with Gasteiger partial charge in [-0.3, -0.25) is 4.79 Å². The van der Waals surface area contributed by atoms with Gasteiger partial charge in [0.2, 0.25) is 0 Å². The number of piperidine rings is 1. The Labute approximate surface area is 161 Å². The van der Waals surface area contributed by atoms with Crippen LogP contribution in [0.25, 0.3) is 0 Å². The van der Waals surface area contributed by atoms with Crippen LogP contribution in [0, 0.1) is 6.92 Å². The summed E-state index contributed by atoms with van der Waals surface area (Å²) in [6.07, 6.45) is 4.58. The number of aryl methyl sites for hydroxylation is 1. The maximum atomic E-state index is 12.6. The van der Waals surface area contributed by atoms with E-state index < -0.39 is 0 Å². The van der Waals surface area contributed by atoms with Crippen LogP contribution in [0.4, 0.5) is 0 Å². The molecule has 1 amide bonds. The third-order valence-corrected chi connectivity index (χ3v) is 4.77. The molecule has 2 aromatic rings. The van der Waals surface area contributed by atoms with Crippen molar-refractivity contribution in [1.82, 2.24) is 25.6 Å². The van der Waals surface area contributed by atoms with E-state index in [1.165, 1.54) is 11.1 Å². The minimum absolute atomic E-state index is 0. The number of amides is 1. The lowest BCUT2D eigenvalue weighted by atomic mass is 9.92. The van der Waals surface area contributed by atoms with Gasteiger partial charge in [-0.15, -0.1) is 17.5 Å². The summed E-state index contributed by atoms with van der Waals surface area (Å²) in [5.74, 6) is -0.168. The molecular formula is C19H28ClN5O. The monoisotopic (exact) mass is 377 g/mol. The summed E-state index contributed by atoms with van der Waals surface area (Å²) in [6.45, 7) is 8.13. The number of carbonyl (C=O) groups excluding carboxylic acids is 1. The summed E-state index contributed by atoms with van der Waals surface area (Å²) < 4.78 is 1.84. The predicted molar refractivity (Wildman–Crippen MR) is 105 cm³/mol. The predicted octanol–water partition coefficient (Wildman–Crippen LogP) is 2.68. The van der Waals surface area contributed by atoms with Gasteiger partial charge in [-0.25, -0.2) is 4.68 Å². The fraction of sp³-hybridized carbons (Fsp3) is 0.526. The van der Waals surface area contributed by atoms with Gasteiger partial charge in [-0.05, 0) is 64.3 Å². The molecule has 142 valence electrons. The Kier molecular flexibility index (Phi) is 6.78. The number of halogens is 1. The van der Waals surface area contributed by atoms with Crippen LogP contribution in [0.1, 0.15) is 54.3 Å². The Morgan fingerprint density at radius 3 is 2.69 bits per heavy atom. The van der Waals surface area contributed by atoms with Crippen LogP contribution in [0.2, 0.25) is 0 Å². The second-order valence-corrected chi connectivity index (χ2v) is 7.51. The zero-order valence-corrected chi connectivity index (χ0v) is 16.5. The van der Waals surface area contributed by atoms with Crippen molar-refractivity contribution in [2.45, 2.75) is 51.6 Å². The van der Waals surface area contributed by atoms with Gasteiger partial charge >= 0.3 is 0 Å². The Hall–Kier alpha value is -1.92. The van der Waals surface area contributed by atoms with Crippen molar-refractivity contribution in [2.75, 3.05) is 13.1 Å². The fourth-order valence-corrected chi connectivity index (χ4v) is 3.33. The summed E-state index contributed by atoms with van der Waals surface area (Å²) in [5, 5.41) is 14.7. The number of carbonyl (C=O) groups is 1. The topological polar surface area (TPSA) is 71.8 Å². The van der Waals surface area contributed by atoms with E-state index in [1.54, 1.807) is 6.20 Å². The van der Waals surface area contributed by atoms with Crippen LogP contribution in [-0.2, 0) is 6.42 Å². The van der Waals surface area contributed by atoms with Gasteiger partial charge in [0.25, 0.3) is 5.91 Å². The Balaban J connectivity index is 0.00000243. The second-order valence-electron chi connectivity index (χ2n) is 7.51. The van der Waals surface area contributed by atoms with Crippen LogP contribution in [-0.4, -0.2) is 39.5 Å². The average molecular weight is 378 g/mol. The second kappa shape index (κ2) is 8.64. The molecule has 0 saturated carbocycles. The smallest absolute Gasteiger partial charge is 0.273 e. The first-order valence-electron chi connectivity index (χ1n) is 8.94. The molecule has 1 fully saturated rings. The molecule has 2 heterocycles. The highest BCUT2D eigenvalue weighted by molar-refractivity contribution is 5.92. The standard InChI is InChI=1S/C19H27N5O.ClH/c1-14-6-4-5-7-15(14)12-19(2,3)21-18(25)17-13-24(23-22-17)16-8-10-20-11-9-16;/h4-7,13,16,20H,8-12H2,1-3H3,(H,21,25);1H. The Morgan fingerprint density at radius 1 is 1.31 bits per heavy atom. The van der Waals surface area contributed by atoms with E-state index in [9.17, 15) is 4.79 Å². The van der Waals surface area contributed by atoms with Crippen LogP contribution in [0.3, 0.4) is 0 Å². The molecule has 1 aromatic heterocycles. The van der Waals surface area contributed by atoms with E-state index in [0.717, 1.165) is 32.4 Å². The molecule has 6 nitrogen and oxygen atoms in total. The highest BCUT2D eigenvalue weighted by Crippen LogP contribution is 2.19. The van der Waals surface area contributed by atoms with Crippen LogP contribution < -0.4 is 10.6 Å². The molecule has 3 rings (SSSR count). The number of rotatable bonds is 5. The summed E-state index contributed by atoms with van der Waals surface area (Å²) in [5.41, 5.74) is 2.51. The van der Waals surface area contributed by atoms with Crippen molar-refractivity contribution in [2.24, 2.45) is 0 Å². The highest BCUT2D eigenvalue weighted by atomic mass is 35.5. The third kappa shape index (κ3) is 5.05. The molecule has 1 saturated heterocycles. The Morgan fingerprint density at radius 2 is 2.00 bits per heavy atom. The van der Waals surface area contributed by atoms with Crippen molar-refractivity contribution in [3.05, 3.63) is 47.3 Å². The minimum atomic E-state index is -0.359. The maximum absolute atomic E-state index is 12.6. The van der Waals surface area contributed by atoms with Crippen LogP contribution >= 0.6 is 12.4 Å². The quantitative estimate of drug-likeness (QED) is 0.840. The first kappa shape index (κ1) is 20.4. The van der Waals surface area contributed by atoms with Crippen molar-refractivity contribution in [3.63, 3.8) is 0 Å². The van der Waals surface area contributed by atoms with Gasteiger partial charge < -0.3 is 10.6 Å². The van der Waals surface area contributed by atoms with Crippen LogP contribution in [0.5, 0.6) is 0 Å². The van der Waals surface area contributed by atoms with Gasteiger partial charge in [0, 0.05) is 5.54 Å². The van der Waals surface area contributed by atoms with E-state index in [0.29, 0.717) is 11.7 Å². The number of hydrogen-bond donors (Lipinski definition) is 2. The first-order valence-corrected chi connectivity index (χ1v) is 8.94.